The Morgan fingerprint density at radius 3 is 1.59 bits per heavy atom. The maximum Gasteiger partial charge on any atom is 0.339 e. The first-order chi connectivity index (χ1) is 12.6. The minimum atomic E-state index is -4.13. The summed E-state index contributed by atoms with van der Waals surface area (Å²) in [4.78, 5) is -0.278. The van der Waals surface area contributed by atoms with Gasteiger partial charge < -0.3 is 5.21 Å². The van der Waals surface area contributed by atoms with Gasteiger partial charge in [0.15, 0.2) is 0 Å². The zero-order chi connectivity index (χ0) is 19.8. The van der Waals surface area contributed by atoms with E-state index in [0.717, 1.165) is 23.3 Å². The van der Waals surface area contributed by atoms with Crippen LogP contribution in [0.5, 0.6) is 0 Å². The average Bonchev–Trinajstić information content (AvgIpc) is 2.62. The molecular weight excluding hydrogens is 388 g/mol. The maximum absolute atomic E-state index is 12.6. The van der Waals surface area contributed by atoms with Gasteiger partial charge in [0.1, 0.15) is 0 Å². The van der Waals surface area contributed by atoms with Crippen LogP contribution in [0.15, 0.2) is 80.5 Å². The van der Waals surface area contributed by atoms with E-state index in [1.807, 2.05) is 6.92 Å². The highest BCUT2D eigenvalue weighted by Crippen LogP contribution is 2.22. The van der Waals surface area contributed by atoms with E-state index in [1.165, 1.54) is 24.3 Å². The summed E-state index contributed by atoms with van der Waals surface area (Å²) in [6, 6.07) is 14.0. The van der Waals surface area contributed by atoms with Crippen molar-refractivity contribution in [2.24, 2.45) is 0 Å². The fraction of sp³-hybridized carbons (Fsp3) is 0.111. The van der Waals surface area contributed by atoms with Crippen molar-refractivity contribution in [2.75, 3.05) is 0 Å². The maximum atomic E-state index is 12.6. The van der Waals surface area contributed by atoms with Crippen molar-refractivity contribution in [1.29, 1.82) is 0 Å². The van der Waals surface area contributed by atoms with Crippen LogP contribution in [0.2, 0.25) is 0 Å². The number of nitrogens with zero attached hydrogens (tertiary/aromatic N) is 2. The number of aryl methyl sites for hydroxylation is 2. The Balaban J connectivity index is 2.06. The molecule has 1 heterocycles. The molecule has 7 nitrogen and oxygen atoms in total. The van der Waals surface area contributed by atoms with Gasteiger partial charge in [-0.15, -0.1) is 0 Å². The fourth-order valence-corrected chi connectivity index (χ4v) is 4.78. The molecule has 0 aliphatic carbocycles. The molecule has 0 radical (unpaired) electrons. The van der Waals surface area contributed by atoms with Crippen molar-refractivity contribution in [2.45, 2.75) is 33.7 Å². The van der Waals surface area contributed by atoms with Crippen LogP contribution in [0.25, 0.3) is 0 Å². The van der Waals surface area contributed by atoms with Crippen molar-refractivity contribution < 1.29 is 21.7 Å². The summed E-state index contributed by atoms with van der Waals surface area (Å²) in [7, 11) is -8.16. The molecule has 0 aliphatic rings. The fourth-order valence-electron chi connectivity index (χ4n) is 2.39. The first-order valence-corrected chi connectivity index (χ1v) is 10.8. The summed E-state index contributed by atoms with van der Waals surface area (Å²) in [5.74, 6) is 0. The van der Waals surface area contributed by atoms with Crippen LogP contribution < -0.4 is 4.85 Å². The van der Waals surface area contributed by atoms with Crippen LogP contribution in [0, 0.1) is 19.1 Å². The van der Waals surface area contributed by atoms with Crippen LogP contribution in [-0.2, 0) is 19.7 Å². The van der Waals surface area contributed by atoms with Gasteiger partial charge in [0.25, 0.3) is 9.84 Å². The van der Waals surface area contributed by atoms with Crippen molar-refractivity contribution in [3.63, 3.8) is 0 Å². The van der Waals surface area contributed by atoms with Crippen LogP contribution in [0.4, 0.5) is 0 Å². The van der Waals surface area contributed by atoms with Gasteiger partial charge in [-0.1, -0.05) is 35.4 Å². The molecule has 9 heteroatoms. The predicted octanol–water partition coefficient (Wildman–Crippen LogP) is 2.00. The molecule has 0 amide bonds. The van der Waals surface area contributed by atoms with Crippen molar-refractivity contribution >= 4 is 19.7 Å². The van der Waals surface area contributed by atoms with Crippen LogP contribution in [0.1, 0.15) is 11.1 Å². The largest absolute Gasteiger partial charge is 0.593 e. The molecule has 0 bridgehead atoms. The molecule has 0 atom stereocenters. The van der Waals surface area contributed by atoms with E-state index in [-0.39, 0.29) is 14.6 Å². The van der Waals surface area contributed by atoms with Gasteiger partial charge in [-0.2, -0.15) is 0 Å². The number of aromatic nitrogens is 2. The molecule has 140 valence electrons. The molecule has 0 N–H and O–H groups in total. The normalized spacial score (nSPS) is 12.1. The number of rotatable bonds is 4. The van der Waals surface area contributed by atoms with Crippen LogP contribution in [-0.4, -0.2) is 21.9 Å². The third-order valence-corrected chi connectivity index (χ3v) is 7.36. The third kappa shape index (κ3) is 3.56. The summed E-state index contributed by atoms with van der Waals surface area (Å²) >= 11 is 0. The van der Waals surface area contributed by atoms with E-state index in [2.05, 4.69) is 5.10 Å². The van der Waals surface area contributed by atoms with Gasteiger partial charge >= 0.3 is 5.03 Å². The highest BCUT2D eigenvalue weighted by atomic mass is 32.2. The lowest BCUT2D eigenvalue weighted by molar-refractivity contribution is -0.711. The van der Waals surface area contributed by atoms with Gasteiger partial charge in [0.05, 0.1) is 9.79 Å². The van der Waals surface area contributed by atoms with E-state index >= 15 is 0 Å². The Labute approximate surface area is 157 Å². The molecule has 0 fully saturated rings. The van der Waals surface area contributed by atoms with E-state index < -0.39 is 29.7 Å². The second kappa shape index (κ2) is 6.75. The Hall–Kier alpha value is -2.78. The molecule has 3 rings (SSSR count). The Morgan fingerprint density at radius 2 is 1.15 bits per heavy atom. The van der Waals surface area contributed by atoms with Gasteiger partial charge in [-0.25, -0.2) is 16.8 Å². The van der Waals surface area contributed by atoms with E-state index in [4.69, 9.17) is 0 Å². The number of hydrogen-bond acceptors (Lipinski definition) is 6. The van der Waals surface area contributed by atoms with Gasteiger partial charge in [-0.3, -0.25) is 0 Å². The van der Waals surface area contributed by atoms with E-state index in [1.54, 1.807) is 31.2 Å². The number of sulfone groups is 2. The molecule has 27 heavy (non-hydrogen) atoms. The highest BCUT2D eigenvalue weighted by molar-refractivity contribution is 7.91. The Morgan fingerprint density at radius 1 is 0.704 bits per heavy atom. The number of hydrogen-bond donors (Lipinski definition) is 0. The summed E-state index contributed by atoms with van der Waals surface area (Å²) in [5, 5.41) is 14.5. The van der Waals surface area contributed by atoms with Gasteiger partial charge in [-0.05, 0) is 49.0 Å². The lowest BCUT2D eigenvalue weighted by atomic mass is 10.2. The molecule has 0 unspecified atom stereocenters. The minimum absolute atomic E-state index is 0.0326. The summed E-state index contributed by atoms with van der Waals surface area (Å²) in [6.07, 6.45) is 0. The topological polar surface area (TPSA) is 108 Å². The molecule has 0 spiro atoms. The average molecular weight is 404 g/mol. The summed E-state index contributed by atoms with van der Waals surface area (Å²) < 4.78 is 50.5. The summed E-state index contributed by atoms with van der Waals surface area (Å²) in [6.45, 7) is 3.61. The van der Waals surface area contributed by atoms with Crippen molar-refractivity contribution in [3.05, 3.63) is 77.0 Å². The third-order valence-electron chi connectivity index (χ3n) is 3.96. The van der Waals surface area contributed by atoms with E-state index in [0.29, 0.717) is 0 Å². The smallest absolute Gasteiger partial charge is 0.339 e. The standard InChI is InChI=1S/C18H16N2O5S2/c1-13-3-7-15(8-4-13)26(22,23)17-11-12-18(20(21)19-17)27(24,25)16-9-5-14(2)6-10-16/h3-12H,1-2H3. The molecule has 2 aromatic carbocycles. The SMILES string of the molecule is Cc1ccc(S(=O)(=O)c2ccc(S(=O)(=O)c3ccc(C)cc3)[n+]([O-])n2)cc1. The van der Waals surface area contributed by atoms with Crippen molar-refractivity contribution in [1.82, 2.24) is 5.10 Å². The Kier molecular flexibility index (Phi) is 4.75. The van der Waals surface area contributed by atoms with E-state index in [9.17, 15) is 22.0 Å². The lowest BCUT2D eigenvalue weighted by Crippen LogP contribution is -2.39. The second-order valence-corrected chi connectivity index (χ2v) is 9.81. The lowest BCUT2D eigenvalue weighted by Gasteiger charge is -2.07. The highest BCUT2D eigenvalue weighted by Gasteiger charge is 2.30. The molecule has 0 aliphatic heterocycles. The molecule has 3 aromatic rings. The second-order valence-electron chi connectivity index (χ2n) is 6.02. The van der Waals surface area contributed by atoms with Crippen LogP contribution in [0.3, 0.4) is 0 Å². The Bertz CT molecular complexity index is 1200. The first-order valence-electron chi connectivity index (χ1n) is 7.87. The molecule has 1 aromatic heterocycles. The minimum Gasteiger partial charge on any atom is -0.593 e. The zero-order valence-electron chi connectivity index (χ0n) is 14.5. The molecular formula is C18H16N2O5S2. The van der Waals surface area contributed by atoms with Crippen molar-refractivity contribution in [3.8, 4) is 0 Å². The monoisotopic (exact) mass is 404 g/mol. The first kappa shape index (κ1) is 19.0. The quantitative estimate of drug-likeness (QED) is 0.486. The molecule has 0 saturated carbocycles. The summed E-state index contributed by atoms with van der Waals surface area (Å²) in [5.41, 5.74) is 1.74. The predicted molar refractivity (Wildman–Crippen MR) is 96.5 cm³/mol. The molecule has 0 saturated heterocycles. The number of benzene rings is 2. The zero-order valence-corrected chi connectivity index (χ0v) is 16.2. The van der Waals surface area contributed by atoms with Gasteiger partial charge in [0.2, 0.25) is 14.9 Å². The van der Waals surface area contributed by atoms with Gasteiger partial charge in [0, 0.05) is 11.2 Å². The van der Waals surface area contributed by atoms with Crippen LogP contribution >= 0.6 is 0 Å².